The van der Waals surface area contributed by atoms with Gasteiger partial charge in [-0.1, -0.05) is 6.92 Å². The van der Waals surface area contributed by atoms with Crippen molar-refractivity contribution in [1.29, 1.82) is 0 Å². The molecule has 0 saturated carbocycles. The van der Waals surface area contributed by atoms with Gasteiger partial charge in [0, 0.05) is 12.6 Å². The Labute approximate surface area is 120 Å². The average Bonchev–Trinajstić information content (AvgIpc) is 2.49. The molecule has 110 valence electrons. The van der Waals surface area contributed by atoms with Crippen molar-refractivity contribution in [2.75, 3.05) is 37.3 Å². The molecule has 0 radical (unpaired) electrons. The van der Waals surface area contributed by atoms with Gasteiger partial charge in [0.15, 0.2) is 0 Å². The number of nitrogens with two attached hydrogens (primary N) is 1. The third kappa shape index (κ3) is 2.82. The van der Waals surface area contributed by atoms with E-state index in [-0.39, 0.29) is 0 Å². The van der Waals surface area contributed by atoms with Gasteiger partial charge in [0.1, 0.15) is 5.82 Å². The molecule has 0 amide bonds. The molecule has 4 rings (SSSR count). The minimum atomic E-state index is 0.507. The number of hydrogen-bond acceptors (Lipinski definition) is 5. The molecule has 5 nitrogen and oxygen atoms in total. The number of rotatable bonds is 5. The zero-order valence-electron chi connectivity index (χ0n) is 12.1. The largest absolute Gasteiger partial charge is 0.476 e. The summed E-state index contributed by atoms with van der Waals surface area (Å²) in [7, 11) is 0. The van der Waals surface area contributed by atoms with E-state index in [9.17, 15) is 0 Å². The lowest BCUT2D eigenvalue weighted by molar-refractivity contribution is 0.0973. The maximum atomic E-state index is 5.90. The highest BCUT2D eigenvalue weighted by Crippen LogP contribution is 2.30. The number of nitrogens with zero attached hydrogens (tertiary/aromatic N) is 2. The Morgan fingerprint density at radius 2 is 2.20 bits per heavy atom. The topological polar surface area (TPSA) is 63.4 Å². The lowest BCUT2D eigenvalue weighted by Gasteiger charge is -2.45. The van der Waals surface area contributed by atoms with Gasteiger partial charge >= 0.3 is 0 Å². The highest BCUT2D eigenvalue weighted by Gasteiger charge is 2.34. The second-order valence-electron chi connectivity index (χ2n) is 5.83. The molecule has 3 saturated heterocycles. The highest BCUT2D eigenvalue weighted by molar-refractivity contribution is 5.54. The van der Waals surface area contributed by atoms with Crippen LogP contribution >= 0.6 is 0 Å². The van der Waals surface area contributed by atoms with Crippen LogP contribution in [0.4, 0.5) is 11.5 Å². The maximum absolute atomic E-state index is 5.90. The number of piperidine rings is 3. The molecule has 1 atom stereocenters. The van der Waals surface area contributed by atoms with Gasteiger partial charge in [-0.15, -0.1) is 0 Å². The third-order valence-electron chi connectivity index (χ3n) is 4.32. The number of hydrogen-bond donors (Lipinski definition) is 2. The first-order valence-corrected chi connectivity index (χ1v) is 7.64. The van der Waals surface area contributed by atoms with Crippen LogP contribution in [0.15, 0.2) is 12.1 Å². The van der Waals surface area contributed by atoms with Crippen LogP contribution in [0.5, 0.6) is 5.88 Å². The van der Waals surface area contributed by atoms with E-state index in [2.05, 4.69) is 22.1 Å². The summed E-state index contributed by atoms with van der Waals surface area (Å²) in [5.74, 6) is 2.21. The Morgan fingerprint density at radius 1 is 1.40 bits per heavy atom. The van der Waals surface area contributed by atoms with Crippen LogP contribution in [0, 0.1) is 5.92 Å². The van der Waals surface area contributed by atoms with Crippen molar-refractivity contribution in [3.8, 4) is 5.88 Å². The van der Waals surface area contributed by atoms with E-state index in [0.29, 0.717) is 24.2 Å². The molecule has 5 heteroatoms. The van der Waals surface area contributed by atoms with Crippen molar-refractivity contribution in [2.24, 2.45) is 5.92 Å². The number of nitrogens with one attached hydrogen (secondary N) is 1. The first-order valence-electron chi connectivity index (χ1n) is 7.64. The van der Waals surface area contributed by atoms with Crippen molar-refractivity contribution in [1.82, 2.24) is 9.88 Å². The van der Waals surface area contributed by atoms with Gasteiger partial charge in [-0.05, 0) is 50.4 Å². The Kier molecular flexibility index (Phi) is 3.96. The molecule has 1 aromatic rings. The first-order chi connectivity index (χ1) is 9.76. The molecule has 1 unspecified atom stereocenters. The number of aromatic nitrogens is 1. The van der Waals surface area contributed by atoms with Gasteiger partial charge < -0.3 is 20.7 Å². The van der Waals surface area contributed by atoms with Crippen molar-refractivity contribution in [3.63, 3.8) is 0 Å². The van der Waals surface area contributed by atoms with E-state index >= 15 is 0 Å². The lowest BCUT2D eigenvalue weighted by atomic mass is 9.84. The van der Waals surface area contributed by atoms with Crippen molar-refractivity contribution >= 4 is 11.5 Å². The summed E-state index contributed by atoms with van der Waals surface area (Å²) in [6.45, 7) is 6.36. The van der Waals surface area contributed by atoms with Gasteiger partial charge in [0.05, 0.1) is 12.3 Å². The van der Waals surface area contributed by atoms with Crippen molar-refractivity contribution < 1.29 is 4.74 Å². The number of nitrogen functional groups attached to an aromatic ring is 1. The zero-order chi connectivity index (χ0) is 13.9. The van der Waals surface area contributed by atoms with Crippen molar-refractivity contribution in [3.05, 3.63) is 12.1 Å². The Hall–Kier alpha value is -1.49. The molecule has 3 fully saturated rings. The molecule has 3 N–H and O–H groups in total. The molecule has 4 heterocycles. The molecule has 0 spiro atoms. The quantitative estimate of drug-likeness (QED) is 0.860. The van der Waals surface area contributed by atoms with Gasteiger partial charge in [-0.3, -0.25) is 0 Å². The SMILES string of the molecule is CCCOc1nc(NC2CN3CCC2CC3)ccc1N. The molecule has 2 bridgehead atoms. The van der Waals surface area contributed by atoms with E-state index < -0.39 is 0 Å². The smallest absolute Gasteiger partial charge is 0.239 e. The zero-order valence-corrected chi connectivity index (χ0v) is 12.1. The van der Waals surface area contributed by atoms with E-state index in [4.69, 9.17) is 10.5 Å². The number of pyridine rings is 1. The normalized spacial score (nSPS) is 28.4. The van der Waals surface area contributed by atoms with E-state index in [1.807, 2.05) is 12.1 Å². The van der Waals surface area contributed by atoms with Crippen molar-refractivity contribution in [2.45, 2.75) is 32.2 Å². The third-order valence-corrected chi connectivity index (χ3v) is 4.32. The summed E-state index contributed by atoms with van der Waals surface area (Å²) in [5.41, 5.74) is 6.51. The summed E-state index contributed by atoms with van der Waals surface area (Å²) < 4.78 is 5.59. The summed E-state index contributed by atoms with van der Waals surface area (Å²) in [6.07, 6.45) is 3.55. The van der Waals surface area contributed by atoms with Crippen LogP contribution in [0.25, 0.3) is 0 Å². The summed E-state index contributed by atoms with van der Waals surface area (Å²) in [4.78, 5) is 7.04. The fourth-order valence-corrected chi connectivity index (χ4v) is 3.16. The van der Waals surface area contributed by atoms with E-state index in [0.717, 1.165) is 24.7 Å². The van der Waals surface area contributed by atoms with Crippen LogP contribution in [0.2, 0.25) is 0 Å². The fraction of sp³-hybridized carbons (Fsp3) is 0.667. The van der Waals surface area contributed by atoms with E-state index in [1.165, 1.54) is 25.9 Å². The van der Waals surface area contributed by atoms with Gasteiger partial charge in [-0.2, -0.15) is 4.98 Å². The standard InChI is InChI=1S/C15H24N4O/c1-2-9-20-15-12(16)3-4-14(18-15)17-13-10-19-7-5-11(13)6-8-19/h3-4,11,13H,2,5-10,16H2,1H3,(H,17,18). The van der Waals surface area contributed by atoms with Crippen LogP contribution in [0.3, 0.4) is 0 Å². The van der Waals surface area contributed by atoms with Crippen LogP contribution in [-0.2, 0) is 0 Å². The Balaban J connectivity index is 1.68. The fourth-order valence-electron chi connectivity index (χ4n) is 3.16. The molecular weight excluding hydrogens is 252 g/mol. The van der Waals surface area contributed by atoms with Crippen LogP contribution in [0.1, 0.15) is 26.2 Å². The second kappa shape index (κ2) is 5.87. The van der Waals surface area contributed by atoms with Gasteiger partial charge in [0.25, 0.3) is 0 Å². The predicted molar refractivity (Wildman–Crippen MR) is 81.0 cm³/mol. The molecular formula is C15H24N4O. The molecule has 0 aromatic carbocycles. The monoisotopic (exact) mass is 276 g/mol. The van der Waals surface area contributed by atoms with E-state index in [1.54, 1.807) is 0 Å². The number of fused-ring (bicyclic) bond motifs is 3. The average molecular weight is 276 g/mol. The molecule has 20 heavy (non-hydrogen) atoms. The van der Waals surface area contributed by atoms with Crippen LogP contribution in [-0.4, -0.2) is 42.2 Å². The Morgan fingerprint density at radius 3 is 2.85 bits per heavy atom. The summed E-state index contributed by atoms with van der Waals surface area (Å²) in [6, 6.07) is 4.33. The lowest BCUT2D eigenvalue weighted by Crippen LogP contribution is -2.53. The second-order valence-corrected chi connectivity index (χ2v) is 5.83. The predicted octanol–water partition coefficient (Wildman–Crippen LogP) is 1.96. The molecule has 3 aliphatic heterocycles. The minimum absolute atomic E-state index is 0.507. The number of anilines is 2. The van der Waals surface area contributed by atoms with Gasteiger partial charge in [-0.25, -0.2) is 0 Å². The minimum Gasteiger partial charge on any atom is -0.476 e. The molecule has 3 aliphatic rings. The number of ether oxygens (including phenoxy) is 1. The van der Waals surface area contributed by atoms with Gasteiger partial charge in [0.2, 0.25) is 5.88 Å². The maximum Gasteiger partial charge on any atom is 0.239 e. The molecule has 1 aromatic heterocycles. The summed E-state index contributed by atoms with van der Waals surface area (Å²) >= 11 is 0. The molecule has 0 aliphatic carbocycles. The highest BCUT2D eigenvalue weighted by atomic mass is 16.5. The van der Waals surface area contributed by atoms with Crippen LogP contribution < -0.4 is 15.8 Å². The first kappa shape index (κ1) is 13.5. The Bertz CT molecular complexity index is 457. The summed E-state index contributed by atoms with van der Waals surface area (Å²) in [5, 5.41) is 3.57.